The van der Waals surface area contributed by atoms with Crippen LogP contribution in [0, 0.1) is 6.92 Å². The van der Waals surface area contributed by atoms with E-state index >= 15 is 0 Å². The number of aryl methyl sites for hydroxylation is 1. The van der Waals surface area contributed by atoms with E-state index in [-0.39, 0.29) is 19.4 Å². The van der Waals surface area contributed by atoms with E-state index in [0.717, 1.165) is 5.56 Å². The van der Waals surface area contributed by atoms with Crippen LogP contribution < -0.4 is 10.6 Å². The Hall–Kier alpha value is -1.27. The second-order valence-electron chi connectivity index (χ2n) is 4.94. The maximum absolute atomic E-state index is 12.7. The molecule has 0 spiro atoms. The quantitative estimate of drug-likeness (QED) is 0.896. The highest BCUT2D eigenvalue weighted by atomic mass is 35.5. The second kappa shape index (κ2) is 5.26. The van der Waals surface area contributed by atoms with Crippen molar-refractivity contribution in [2.45, 2.75) is 31.5 Å². The summed E-state index contributed by atoms with van der Waals surface area (Å²) in [6.45, 7) is 1.39. The predicted molar refractivity (Wildman–Crippen MR) is 70.8 cm³/mol. The van der Waals surface area contributed by atoms with E-state index in [0.29, 0.717) is 10.7 Å². The lowest BCUT2D eigenvalue weighted by molar-refractivity contribution is -0.165. The van der Waals surface area contributed by atoms with Gasteiger partial charge in [-0.3, -0.25) is 10.1 Å². The van der Waals surface area contributed by atoms with Gasteiger partial charge in [0.1, 0.15) is 5.54 Å². The molecule has 1 aliphatic rings. The third kappa shape index (κ3) is 3.24. The van der Waals surface area contributed by atoms with Crippen molar-refractivity contribution in [2.24, 2.45) is 0 Å². The molecule has 0 aliphatic heterocycles. The molecule has 7 heteroatoms. The fourth-order valence-electron chi connectivity index (χ4n) is 1.86. The number of anilines is 1. The van der Waals surface area contributed by atoms with Crippen molar-refractivity contribution in [3.63, 3.8) is 0 Å². The summed E-state index contributed by atoms with van der Waals surface area (Å²) in [4.78, 5) is 11.7. The minimum atomic E-state index is -4.32. The summed E-state index contributed by atoms with van der Waals surface area (Å²) in [5.41, 5.74) is -0.589. The molecule has 0 atom stereocenters. The van der Waals surface area contributed by atoms with Gasteiger partial charge in [0.05, 0.1) is 6.54 Å². The van der Waals surface area contributed by atoms with Crippen molar-refractivity contribution in [3.05, 3.63) is 28.8 Å². The molecular weight excluding hydrogens is 293 g/mol. The number of alkyl halides is 3. The minimum absolute atomic E-state index is 0.0139. The normalized spacial score (nSPS) is 16.9. The number of nitrogens with one attached hydrogen (secondary N) is 2. The summed E-state index contributed by atoms with van der Waals surface area (Å²) < 4.78 is 38.0. The van der Waals surface area contributed by atoms with Crippen LogP contribution in [-0.2, 0) is 4.79 Å². The molecule has 0 radical (unpaired) electrons. The van der Waals surface area contributed by atoms with Gasteiger partial charge in [-0.25, -0.2) is 0 Å². The molecule has 1 saturated carbocycles. The zero-order valence-corrected chi connectivity index (χ0v) is 11.5. The number of amides is 1. The number of hydrogen-bond acceptors (Lipinski definition) is 2. The summed E-state index contributed by atoms with van der Waals surface area (Å²) in [5.74, 6) is -0.522. The zero-order valence-electron chi connectivity index (χ0n) is 10.8. The van der Waals surface area contributed by atoms with Crippen molar-refractivity contribution in [1.29, 1.82) is 0 Å². The molecule has 0 bridgehead atoms. The lowest BCUT2D eigenvalue weighted by Crippen LogP contribution is -2.47. The summed E-state index contributed by atoms with van der Waals surface area (Å²) >= 11 is 5.80. The number of carbonyl (C=O) groups is 1. The number of halogens is 4. The molecule has 0 unspecified atom stereocenters. The van der Waals surface area contributed by atoms with Gasteiger partial charge < -0.3 is 5.32 Å². The van der Waals surface area contributed by atoms with Gasteiger partial charge in [-0.05, 0) is 37.5 Å². The van der Waals surface area contributed by atoms with Gasteiger partial charge in [0.2, 0.25) is 5.91 Å². The summed E-state index contributed by atoms with van der Waals surface area (Å²) in [6.07, 6.45) is -4.29. The van der Waals surface area contributed by atoms with E-state index in [1.165, 1.54) is 0 Å². The highest BCUT2D eigenvalue weighted by Gasteiger charge is 2.63. The minimum Gasteiger partial charge on any atom is -0.325 e. The first-order chi connectivity index (χ1) is 9.23. The second-order valence-corrected chi connectivity index (χ2v) is 5.38. The van der Waals surface area contributed by atoms with Crippen LogP contribution in [0.25, 0.3) is 0 Å². The van der Waals surface area contributed by atoms with Gasteiger partial charge in [0.15, 0.2) is 0 Å². The molecule has 1 aromatic carbocycles. The Bertz CT molecular complexity index is 527. The molecule has 20 heavy (non-hydrogen) atoms. The third-order valence-electron chi connectivity index (χ3n) is 3.35. The monoisotopic (exact) mass is 306 g/mol. The first kappa shape index (κ1) is 15.1. The van der Waals surface area contributed by atoms with Gasteiger partial charge in [0, 0.05) is 10.7 Å². The van der Waals surface area contributed by atoms with Crippen LogP contribution in [-0.4, -0.2) is 24.2 Å². The SMILES string of the molecule is Cc1ccc(Cl)cc1NC(=O)CNC1(C(F)(F)F)CC1. The number of hydrogen-bond donors (Lipinski definition) is 2. The molecule has 1 amide bonds. The molecule has 0 aromatic heterocycles. The Morgan fingerprint density at radius 3 is 2.60 bits per heavy atom. The molecule has 2 rings (SSSR count). The fraction of sp³-hybridized carbons (Fsp3) is 0.462. The van der Waals surface area contributed by atoms with Crippen LogP contribution in [0.15, 0.2) is 18.2 Å². The van der Waals surface area contributed by atoms with E-state index in [2.05, 4.69) is 10.6 Å². The van der Waals surface area contributed by atoms with Crippen LogP contribution in [0.3, 0.4) is 0 Å². The average molecular weight is 307 g/mol. The smallest absolute Gasteiger partial charge is 0.325 e. The number of benzene rings is 1. The molecule has 1 aliphatic carbocycles. The van der Waals surface area contributed by atoms with Crippen LogP contribution in [0.2, 0.25) is 5.02 Å². The standard InChI is InChI=1S/C13H14ClF3N2O/c1-8-2-3-9(14)6-10(8)19-11(20)7-18-12(4-5-12)13(15,16)17/h2-3,6,18H,4-5,7H2,1H3,(H,19,20). The van der Waals surface area contributed by atoms with Crippen LogP contribution in [0.5, 0.6) is 0 Å². The van der Waals surface area contributed by atoms with Crippen molar-refractivity contribution in [1.82, 2.24) is 5.32 Å². The largest absolute Gasteiger partial charge is 0.406 e. The molecule has 110 valence electrons. The summed E-state index contributed by atoms with van der Waals surface area (Å²) in [7, 11) is 0. The Balaban J connectivity index is 1.92. The lowest BCUT2D eigenvalue weighted by atomic mass is 10.2. The van der Waals surface area contributed by atoms with E-state index in [1.54, 1.807) is 25.1 Å². The first-order valence-corrected chi connectivity index (χ1v) is 6.49. The number of carbonyl (C=O) groups excluding carboxylic acids is 1. The van der Waals surface area contributed by atoms with Crippen molar-refractivity contribution in [2.75, 3.05) is 11.9 Å². The Morgan fingerprint density at radius 1 is 1.40 bits per heavy atom. The van der Waals surface area contributed by atoms with Crippen LogP contribution in [0.1, 0.15) is 18.4 Å². The highest BCUT2D eigenvalue weighted by Crippen LogP contribution is 2.48. The molecule has 3 nitrogen and oxygen atoms in total. The van der Waals surface area contributed by atoms with Crippen LogP contribution >= 0.6 is 11.6 Å². The Kier molecular flexibility index (Phi) is 3.97. The van der Waals surface area contributed by atoms with Gasteiger partial charge in [0.25, 0.3) is 0 Å². The molecule has 1 aromatic rings. The average Bonchev–Trinajstić information content (AvgIpc) is 3.12. The van der Waals surface area contributed by atoms with E-state index in [1.807, 2.05) is 0 Å². The molecule has 0 saturated heterocycles. The zero-order chi connectivity index (χ0) is 15.0. The molecule has 0 heterocycles. The van der Waals surface area contributed by atoms with Crippen molar-refractivity contribution >= 4 is 23.2 Å². The highest BCUT2D eigenvalue weighted by molar-refractivity contribution is 6.31. The third-order valence-corrected chi connectivity index (χ3v) is 3.59. The van der Waals surface area contributed by atoms with Gasteiger partial charge in [-0.2, -0.15) is 13.2 Å². The predicted octanol–water partition coefficient (Wildman–Crippen LogP) is 3.27. The van der Waals surface area contributed by atoms with E-state index in [9.17, 15) is 18.0 Å². The van der Waals surface area contributed by atoms with Gasteiger partial charge >= 0.3 is 6.18 Å². The van der Waals surface area contributed by atoms with Gasteiger partial charge in [-0.15, -0.1) is 0 Å². The topological polar surface area (TPSA) is 41.1 Å². The molecule has 2 N–H and O–H groups in total. The van der Waals surface area contributed by atoms with Crippen molar-refractivity contribution in [3.8, 4) is 0 Å². The van der Waals surface area contributed by atoms with Crippen LogP contribution in [0.4, 0.5) is 18.9 Å². The maximum atomic E-state index is 12.7. The van der Waals surface area contributed by atoms with E-state index in [4.69, 9.17) is 11.6 Å². The van der Waals surface area contributed by atoms with Crippen molar-refractivity contribution < 1.29 is 18.0 Å². The molecular formula is C13H14ClF3N2O. The molecule has 1 fully saturated rings. The summed E-state index contributed by atoms with van der Waals surface area (Å²) in [6, 6.07) is 4.96. The van der Waals surface area contributed by atoms with E-state index < -0.39 is 17.6 Å². The fourth-order valence-corrected chi connectivity index (χ4v) is 2.03. The summed E-state index contributed by atoms with van der Waals surface area (Å²) in [5, 5.41) is 5.30. The maximum Gasteiger partial charge on any atom is 0.406 e. The first-order valence-electron chi connectivity index (χ1n) is 6.11. The number of rotatable bonds is 4. The lowest BCUT2D eigenvalue weighted by Gasteiger charge is -2.20. The Labute approximate surface area is 119 Å². The van der Waals surface area contributed by atoms with Gasteiger partial charge in [-0.1, -0.05) is 17.7 Å². The Morgan fingerprint density at radius 2 is 2.05 bits per heavy atom.